The van der Waals surface area contributed by atoms with Crippen molar-refractivity contribution in [3.63, 3.8) is 0 Å². The van der Waals surface area contributed by atoms with Gasteiger partial charge in [0.05, 0.1) is 15.1 Å². The fraction of sp³-hybridized carbons (Fsp3) is 0. The van der Waals surface area contributed by atoms with Crippen LogP contribution in [-0.2, 0) is 9.05 Å². The van der Waals surface area contributed by atoms with E-state index < -0.39 is 9.05 Å². The van der Waals surface area contributed by atoms with Gasteiger partial charge in [-0.1, -0.05) is 11.3 Å². The van der Waals surface area contributed by atoms with Gasteiger partial charge in [0.2, 0.25) is 0 Å². The summed E-state index contributed by atoms with van der Waals surface area (Å²) in [7, 11) is 1.43. The van der Waals surface area contributed by atoms with E-state index in [4.69, 9.17) is 10.7 Å². The molecule has 0 atom stereocenters. The Bertz CT molecular complexity index is 640. The molecule has 4 nitrogen and oxygen atoms in total. The van der Waals surface area contributed by atoms with Crippen molar-refractivity contribution in [2.75, 3.05) is 0 Å². The summed E-state index contributed by atoms with van der Waals surface area (Å²) in [5.74, 6) is 0. The minimum atomic E-state index is -3.72. The molecule has 1 heterocycles. The molecule has 0 radical (unpaired) electrons. The summed E-state index contributed by atoms with van der Waals surface area (Å²) in [6.45, 7) is 0. The van der Waals surface area contributed by atoms with Gasteiger partial charge in [0.15, 0.2) is 0 Å². The van der Waals surface area contributed by atoms with Gasteiger partial charge in [-0.05, 0) is 18.2 Å². The molecule has 1 aromatic heterocycles. The van der Waals surface area contributed by atoms with Crippen LogP contribution in [0.4, 0.5) is 0 Å². The first-order valence-electron chi connectivity index (χ1n) is 3.54. The number of H-pyrrole nitrogens is 1. The fourth-order valence-corrected chi connectivity index (χ4v) is 2.70. The van der Waals surface area contributed by atoms with E-state index in [1.54, 1.807) is 0 Å². The molecule has 0 saturated heterocycles. The highest BCUT2D eigenvalue weighted by atomic mass is 35.7. The van der Waals surface area contributed by atoms with Crippen LogP contribution in [0.1, 0.15) is 0 Å². The van der Waals surface area contributed by atoms with Gasteiger partial charge < -0.3 is 4.98 Å². The Balaban J connectivity index is 2.80. The fourth-order valence-electron chi connectivity index (χ4n) is 1.08. The number of hydrogen-bond donors (Lipinski definition) is 1. The minimum Gasteiger partial charge on any atom is -0.312 e. The second kappa shape index (κ2) is 3.08. The van der Waals surface area contributed by atoms with Gasteiger partial charge in [-0.15, -0.1) is 0 Å². The Kier molecular flexibility index (Phi) is 2.13. The summed E-state index contributed by atoms with van der Waals surface area (Å²) in [5.41, 5.74) is 0.615. The molecule has 0 fully saturated rings. The lowest BCUT2D eigenvalue weighted by atomic mass is 10.3. The van der Waals surface area contributed by atoms with Crippen LogP contribution < -0.4 is 4.87 Å². The van der Waals surface area contributed by atoms with E-state index in [-0.39, 0.29) is 9.77 Å². The van der Waals surface area contributed by atoms with Crippen LogP contribution in [0, 0.1) is 0 Å². The number of hydrogen-bond acceptors (Lipinski definition) is 4. The number of thiazole rings is 1. The zero-order valence-corrected chi connectivity index (χ0v) is 9.04. The predicted octanol–water partition coefficient (Wildman–Crippen LogP) is 1.52. The first-order chi connectivity index (χ1) is 6.47. The molecule has 1 aromatic carbocycles. The lowest BCUT2D eigenvalue weighted by Gasteiger charge is -1.94. The molecule has 2 rings (SSSR count). The summed E-state index contributed by atoms with van der Waals surface area (Å²) < 4.78 is 22.5. The molecular weight excluding hydrogens is 246 g/mol. The van der Waals surface area contributed by atoms with Crippen molar-refractivity contribution in [2.24, 2.45) is 0 Å². The topological polar surface area (TPSA) is 67.0 Å². The number of halogens is 1. The second-order valence-electron chi connectivity index (χ2n) is 2.61. The summed E-state index contributed by atoms with van der Waals surface area (Å²) in [6.07, 6.45) is 0. The van der Waals surface area contributed by atoms with Crippen molar-refractivity contribution in [2.45, 2.75) is 4.90 Å². The lowest BCUT2D eigenvalue weighted by molar-refractivity contribution is 0.609. The zero-order valence-electron chi connectivity index (χ0n) is 6.65. The van der Waals surface area contributed by atoms with Crippen molar-refractivity contribution in [3.8, 4) is 0 Å². The molecular formula is C7H4ClNO3S2. The quantitative estimate of drug-likeness (QED) is 0.779. The Morgan fingerprint density at radius 1 is 1.36 bits per heavy atom. The van der Waals surface area contributed by atoms with Crippen LogP contribution in [0.3, 0.4) is 0 Å². The third-order valence-electron chi connectivity index (χ3n) is 1.67. The molecule has 0 aliphatic rings. The van der Waals surface area contributed by atoms with Crippen LogP contribution in [0.5, 0.6) is 0 Å². The van der Waals surface area contributed by atoms with Gasteiger partial charge in [-0.2, -0.15) is 0 Å². The molecule has 74 valence electrons. The van der Waals surface area contributed by atoms with Crippen LogP contribution in [0.25, 0.3) is 10.2 Å². The lowest BCUT2D eigenvalue weighted by Crippen LogP contribution is -1.90. The molecule has 0 saturated carbocycles. The Hall–Kier alpha value is -0.850. The molecule has 14 heavy (non-hydrogen) atoms. The third-order valence-corrected chi connectivity index (χ3v) is 3.87. The zero-order chi connectivity index (χ0) is 10.3. The third kappa shape index (κ3) is 1.68. The van der Waals surface area contributed by atoms with Gasteiger partial charge in [-0.25, -0.2) is 8.42 Å². The molecule has 7 heteroatoms. The first-order valence-corrected chi connectivity index (χ1v) is 6.67. The van der Waals surface area contributed by atoms with E-state index in [0.29, 0.717) is 10.2 Å². The first kappa shape index (κ1) is 9.70. The van der Waals surface area contributed by atoms with Crippen molar-refractivity contribution in [1.29, 1.82) is 0 Å². The van der Waals surface area contributed by atoms with Gasteiger partial charge in [0, 0.05) is 10.7 Å². The van der Waals surface area contributed by atoms with Crippen molar-refractivity contribution in [3.05, 3.63) is 27.9 Å². The summed E-state index contributed by atoms with van der Waals surface area (Å²) in [6, 6.07) is 4.25. The van der Waals surface area contributed by atoms with E-state index in [2.05, 4.69) is 4.98 Å². The maximum Gasteiger partial charge on any atom is 0.305 e. The minimum absolute atomic E-state index is 0.00177. The maximum absolute atomic E-state index is 11.0. The van der Waals surface area contributed by atoms with Crippen molar-refractivity contribution in [1.82, 2.24) is 4.98 Å². The number of aromatic nitrogens is 1. The van der Waals surface area contributed by atoms with Crippen LogP contribution in [0.15, 0.2) is 27.9 Å². The number of rotatable bonds is 1. The molecule has 0 aliphatic heterocycles. The molecule has 0 aliphatic carbocycles. The standard InChI is InChI=1S/C7H4ClNO3S2/c8-14(11,12)4-1-2-5-6(3-4)13-7(10)9-5/h1-3H,(H,9,10). The van der Waals surface area contributed by atoms with Crippen molar-refractivity contribution >= 4 is 41.3 Å². The highest BCUT2D eigenvalue weighted by Crippen LogP contribution is 2.21. The van der Waals surface area contributed by atoms with E-state index in [0.717, 1.165) is 11.3 Å². The maximum atomic E-state index is 11.0. The number of fused-ring (bicyclic) bond motifs is 1. The van der Waals surface area contributed by atoms with E-state index in [1.807, 2.05) is 0 Å². The van der Waals surface area contributed by atoms with Crippen molar-refractivity contribution < 1.29 is 8.42 Å². The van der Waals surface area contributed by atoms with Crippen LogP contribution >= 0.6 is 22.0 Å². The van der Waals surface area contributed by atoms with Gasteiger partial charge >= 0.3 is 4.87 Å². The van der Waals surface area contributed by atoms with Gasteiger partial charge in [0.25, 0.3) is 9.05 Å². The monoisotopic (exact) mass is 249 g/mol. The van der Waals surface area contributed by atoms with Gasteiger partial charge in [0.1, 0.15) is 0 Å². The molecule has 0 amide bonds. The Morgan fingerprint density at radius 3 is 2.71 bits per heavy atom. The van der Waals surface area contributed by atoms with E-state index in [1.165, 1.54) is 18.2 Å². The smallest absolute Gasteiger partial charge is 0.305 e. The molecule has 0 bridgehead atoms. The number of nitrogens with one attached hydrogen (secondary N) is 1. The summed E-state index contributed by atoms with van der Waals surface area (Å²) >= 11 is 0.948. The average molecular weight is 250 g/mol. The van der Waals surface area contributed by atoms with Crippen LogP contribution in [0.2, 0.25) is 0 Å². The molecule has 1 N–H and O–H groups in total. The highest BCUT2D eigenvalue weighted by molar-refractivity contribution is 8.13. The second-order valence-corrected chi connectivity index (χ2v) is 6.19. The molecule has 0 spiro atoms. The Morgan fingerprint density at radius 2 is 2.07 bits per heavy atom. The largest absolute Gasteiger partial charge is 0.312 e. The van der Waals surface area contributed by atoms with E-state index >= 15 is 0 Å². The van der Waals surface area contributed by atoms with E-state index in [9.17, 15) is 13.2 Å². The summed E-state index contributed by atoms with van der Waals surface area (Å²) in [5, 5.41) is 0. The molecule has 2 aromatic rings. The molecule has 0 unspecified atom stereocenters. The Labute approximate surface area is 87.6 Å². The van der Waals surface area contributed by atoms with Crippen LogP contribution in [-0.4, -0.2) is 13.4 Å². The summed E-state index contributed by atoms with van der Waals surface area (Å²) in [4.78, 5) is 13.3. The number of benzene rings is 1. The highest BCUT2D eigenvalue weighted by Gasteiger charge is 2.11. The SMILES string of the molecule is O=c1[nH]c2ccc(S(=O)(=O)Cl)cc2s1. The predicted molar refractivity (Wildman–Crippen MR) is 55.5 cm³/mol. The van der Waals surface area contributed by atoms with Gasteiger partial charge in [-0.3, -0.25) is 4.79 Å². The normalized spacial score (nSPS) is 12.1. The average Bonchev–Trinajstić information content (AvgIpc) is 2.41. The number of aromatic amines is 1.